The lowest BCUT2D eigenvalue weighted by atomic mass is 10.2. The summed E-state index contributed by atoms with van der Waals surface area (Å²) in [6, 6.07) is 13.5. The number of piperazine rings is 1. The molecule has 33 heavy (non-hydrogen) atoms. The Morgan fingerprint density at radius 1 is 1.00 bits per heavy atom. The zero-order valence-electron chi connectivity index (χ0n) is 17.9. The van der Waals surface area contributed by atoms with Gasteiger partial charge in [0.05, 0.1) is 18.6 Å². The predicted octanol–water partition coefficient (Wildman–Crippen LogP) is 2.82. The lowest BCUT2D eigenvalue weighted by molar-refractivity contribution is -0.128. The number of aromatic nitrogens is 5. The molecule has 1 amide bonds. The average molecular weight is 462 g/mol. The molecule has 0 atom stereocenters. The van der Waals surface area contributed by atoms with Gasteiger partial charge in [0.15, 0.2) is 11.0 Å². The predicted molar refractivity (Wildman–Crippen MR) is 125 cm³/mol. The molecule has 1 saturated heterocycles. The molecule has 0 N–H and O–H groups in total. The van der Waals surface area contributed by atoms with Gasteiger partial charge in [-0.25, -0.2) is 4.98 Å². The molecular weight excluding hydrogens is 438 g/mol. The maximum Gasteiger partial charge on any atom is 0.233 e. The number of hydrogen-bond acceptors (Lipinski definition) is 8. The number of nitrogens with zero attached hydrogens (tertiary/aromatic N) is 7. The Kier molecular flexibility index (Phi) is 6.34. The first-order valence-corrected chi connectivity index (χ1v) is 11.7. The molecule has 1 aliphatic heterocycles. The van der Waals surface area contributed by atoms with Gasteiger partial charge in [0, 0.05) is 50.3 Å². The summed E-state index contributed by atoms with van der Waals surface area (Å²) in [5, 5.41) is 9.41. The highest BCUT2D eigenvalue weighted by atomic mass is 32.2. The maximum atomic E-state index is 12.9. The Labute approximate surface area is 195 Å². The number of pyridine rings is 2. The van der Waals surface area contributed by atoms with E-state index < -0.39 is 0 Å². The zero-order chi connectivity index (χ0) is 22.5. The molecule has 10 heteroatoms. The minimum absolute atomic E-state index is 0.0937. The third-order valence-electron chi connectivity index (χ3n) is 5.46. The van der Waals surface area contributed by atoms with Gasteiger partial charge in [-0.3, -0.25) is 14.3 Å². The molecule has 5 heterocycles. The molecule has 4 aromatic heterocycles. The number of carbonyl (C=O) groups excluding carboxylic acids is 1. The highest BCUT2D eigenvalue weighted by molar-refractivity contribution is 7.99. The number of amides is 1. The third kappa shape index (κ3) is 4.90. The first-order valence-electron chi connectivity index (χ1n) is 10.7. The van der Waals surface area contributed by atoms with E-state index in [1.807, 2.05) is 51.9 Å². The molecule has 0 saturated carbocycles. The molecule has 1 fully saturated rings. The van der Waals surface area contributed by atoms with Crippen molar-refractivity contribution in [3.8, 4) is 11.4 Å². The molecule has 0 unspecified atom stereocenters. The van der Waals surface area contributed by atoms with E-state index in [1.54, 1.807) is 24.9 Å². The smallest absolute Gasteiger partial charge is 0.233 e. The van der Waals surface area contributed by atoms with Gasteiger partial charge >= 0.3 is 0 Å². The number of hydrogen-bond donors (Lipinski definition) is 0. The Hall–Kier alpha value is -3.66. The number of carbonyl (C=O) groups is 1. The van der Waals surface area contributed by atoms with Crippen LogP contribution in [0.2, 0.25) is 0 Å². The molecule has 9 nitrogen and oxygen atoms in total. The Morgan fingerprint density at radius 3 is 2.64 bits per heavy atom. The van der Waals surface area contributed by atoms with E-state index >= 15 is 0 Å². The maximum absolute atomic E-state index is 12.9. The van der Waals surface area contributed by atoms with Crippen molar-refractivity contribution in [2.24, 2.45) is 0 Å². The minimum atomic E-state index is 0.0937. The van der Waals surface area contributed by atoms with Crippen molar-refractivity contribution in [3.63, 3.8) is 0 Å². The Balaban J connectivity index is 1.25. The second kappa shape index (κ2) is 9.86. The molecule has 1 aliphatic rings. The van der Waals surface area contributed by atoms with Crippen LogP contribution in [0.25, 0.3) is 11.4 Å². The van der Waals surface area contributed by atoms with E-state index in [9.17, 15) is 4.79 Å². The van der Waals surface area contributed by atoms with E-state index in [-0.39, 0.29) is 5.91 Å². The highest BCUT2D eigenvalue weighted by Crippen LogP contribution is 2.25. The number of anilines is 1. The van der Waals surface area contributed by atoms with E-state index in [1.165, 1.54) is 11.8 Å². The van der Waals surface area contributed by atoms with E-state index in [0.717, 1.165) is 30.2 Å². The van der Waals surface area contributed by atoms with Crippen LogP contribution in [-0.2, 0) is 11.3 Å². The first-order chi connectivity index (χ1) is 16.3. The first kappa shape index (κ1) is 21.2. The quantitative estimate of drug-likeness (QED) is 0.388. The summed E-state index contributed by atoms with van der Waals surface area (Å²) in [6.45, 7) is 3.37. The van der Waals surface area contributed by atoms with Crippen molar-refractivity contribution in [1.82, 2.24) is 29.6 Å². The summed E-state index contributed by atoms with van der Waals surface area (Å²) in [5.74, 6) is 2.83. The van der Waals surface area contributed by atoms with Gasteiger partial charge in [-0.05, 0) is 36.4 Å². The van der Waals surface area contributed by atoms with Gasteiger partial charge in [0.1, 0.15) is 11.6 Å². The van der Waals surface area contributed by atoms with E-state index in [0.29, 0.717) is 36.4 Å². The van der Waals surface area contributed by atoms with Crippen LogP contribution in [-0.4, -0.2) is 67.5 Å². The fraction of sp³-hybridized carbons (Fsp3) is 0.261. The SMILES string of the molecule is O=C(CSc1nnc(-c2cccnc2)n1Cc1ccco1)N1CCN(c2ccccn2)CC1. The third-order valence-corrected chi connectivity index (χ3v) is 6.41. The van der Waals surface area contributed by atoms with Crippen LogP contribution in [0.3, 0.4) is 0 Å². The van der Waals surface area contributed by atoms with Crippen LogP contribution >= 0.6 is 11.8 Å². The molecule has 0 spiro atoms. The van der Waals surface area contributed by atoms with Gasteiger partial charge in [-0.15, -0.1) is 10.2 Å². The van der Waals surface area contributed by atoms with Crippen LogP contribution in [0.15, 0.2) is 76.9 Å². The largest absolute Gasteiger partial charge is 0.467 e. The standard InChI is InChI=1S/C23H23N7O2S/c31-21(29-12-10-28(11-13-29)20-7-1-2-9-25-20)17-33-23-27-26-22(18-5-3-8-24-15-18)30(23)16-19-6-4-14-32-19/h1-9,14-15H,10-13,16-17H2. The zero-order valence-corrected chi connectivity index (χ0v) is 18.8. The summed E-state index contributed by atoms with van der Waals surface area (Å²) in [7, 11) is 0. The van der Waals surface area contributed by atoms with Crippen molar-refractivity contribution >= 4 is 23.5 Å². The fourth-order valence-electron chi connectivity index (χ4n) is 3.75. The molecule has 168 valence electrons. The van der Waals surface area contributed by atoms with E-state index in [4.69, 9.17) is 4.42 Å². The van der Waals surface area contributed by atoms with Crippen LogP contribution < -0.4 is 4.90 Å². The van der Waals surface area contributed by atoms with Crippen LogP contribution in [0.4, 0.5) is 5.82 Å². The van der Waals surface area contributed by atoms with Crippen molar-refractivity contribution in [1.29, 1.82) is 0 Å². The molecule has 4 aromatic rings. The molecular formula is C23H23N7O2S. The lowest BCUT2D eigenvalue weighted by Gasteiger charge is -2.35. The Bertz CT molecular complexity index is 1170. The molecule has 0 aliphatic carbocycles. The van der Waals surface area contributed by atoms with Crippen LogP contribution in [0, 0.1) is 0 Å². The minimum Gasteiger partial charge on any atom is -0.467 e. The molecule has 5 rings (SSSR count). The molecule has 0 bridgehead atoms. The summed E-state index contributed by atoms with van der Waals surface area (Å²) in [4.78, 5) is 25.6. The topological polar surface area (TPSA) is 93.2 Å². The van der Waals surface area contributed by atoms with E-state index in [2.05, 4.69) is 25.1 Å². The molecule has 0 aromatic carbocycles. The second-order valence-corrected chi connectivity index (χ2v) is 8.50. The van der Waals surface area contributed by atoms with Gasteiger partial charge in [0.25, 0.3) is 0 Å². The molecule has 0 radical (unpaired) electrons. The van der Waals surface area contributed by atoms with Crippen molar-refractivity contribution in [3.05, 3.63) is 73.1 Å². The van der Waals surface area contributed by atoms with Crippen molar-refractivity contribution in [2.75, 3.05) is 36.8 Å². The number of furan rings is 1. The number of rotatable bonds is 7. The van der Waals surface area contributed by atoms with Crippen molar-refractivity contribution in [2.45, 2.75) is 11.7 Å². The number of thioether (sulfide) groups is 1. The van der Waals surface area contributed by atoms with Gasteiger partial charge in [-0.2, -0.15) is 0 Å². The summed E-state index contributed by atoms with van der Waals surface area (Å²) in [5.41, 5.74) is 0.861. The lowest BCUT2D eigenvalue weighted by Crippen LogP contribution is -2.49. The van der Waals surface area contributed by atoms with Gasteiger partial charge in [0.2, 0.25) is 5.91 Å². The van der Waals surface area contributed by atoms with Crippen LogP contribution in [0.5, 0.6) is 0 Å². The summed E-state index contributed by atoms with van der Waals surface area (Å²) < 4.78 is 7.50. The summed E-state index contributed by atoms with van der Waals surface area (Å²) in [6.07, 6.45) is 6.91. The van der Waals surface area contributed by atoms with Crippen LogP contribution in [0.1, 0.15) is 5.76 Å². The second-order valence-electron chi connectivity index (χ2n) is 7.56. The highest BCUT2D eigenvalue weighted by Gasteiger charge is 2.23. The van der Waals surface area contributed by atoms with Crippen molar-refractivity contribution < 1.29 is 9.21 Å². The Morgan fingerprint density at radius 2 is 1.91 bits per heavy atom. The average Bonchev–Trinajstić information content (AvgIpc) is 3.54. The fourth-order valence-corrected chi connectivity index (χ4v) is 4.59. The summed E-state index contributed by atoms with van der Waals surface area (Å²) >= 11 is 1.39. The monoisotopic (exact) mass is 461 g/mol. The van der Waals surface area contributed by atoms with Gasteiger partial charge in [-0.1, -0.05) is 17.8 Å². The normalized spacial score (nSPS) is 13.9. The van der Waals surface area contributed by atoms with Gasteiger partial charge < -0.3 is 14.2 Å².